The van der Waals surface area contributed by atoms with E-state index in [9.17, 15) is 17.6 Å². The van der Waals surface area contributed by atoms with Crippen molar-refractivity contribution in [2.75, 3.05) is 6.61 Å². The molecule has 1 saturated carbocycles. The highest BCUT2D eigenvalue weighted by Gasteiger charge is 2.31. The van der Waals surface area contributed by atoms with E-state index < -0.39 is 23.8 Å². The fourth-order valence-electron chi connectivity index (χ4n) is 4.82. The maximum Gasteiger partial charge on any atom is 0.282 e. The molecular weight excluding hydrogens is 474 g/mol. The van der Waals surface area contributed by atoms with Crippen molar-refractivity contribution in [1.82, 2.24) is 24.7 Å². The van der Waals surface area contributed by atoms with Gasteiger partial charge in [0.05, 0.1) is 29.6 Å². The molecule has 2 fully saturated rings. The fourth-order valence-corrected chi connectivity index (χ4v) is 4.82. The number of halogens is 4. The average Bonchev–Trinajstić information content (AvgIpc) is 3.59. The first-order chi connectivity index (χ1) is 17.4. The van der Waals surface area contributed by atoms with Gasteiger partial charge in [-0.1, -0.05) is 0 Å². The van der Waals surface area contributed by atoms with Gasteiger partial charge in [0.15, 0.2) is 0 Å². The topological polar surface area (TPSA) is 65.7 Å². The number of nitrogens with zero attached hydrogens (tertiary/aromatic N) is 5. The van der Waals surface area contributed by atoms with Crippen LogP contribution in [0.1, 0.15) is 72.8 Å². The number of hydrogen-bond acceptors (Lipinski definition) is 5. The molecule has 0 bridgehead atoms. The Morgan fingerprint density at radius 3 is 2.64 bits per heavy atom. The third-order valence-electron chi connectivity index (χ3n) is 6.89. The number of hydrogen-bond donors (Lipinski definition) is 0. The van der Waals surface area contributed by atoms with Gasteiger partial charge in [0.1, 0.15) is 28.5 Å². The quantitative estimate of drug-likeness (QED) is 0.299. The zero-order chi connectivity index (χ0) is 25.0. The van der Waals surface area contributed by atoms with Crippen molar-refractivity contribution in [3.8, 4) is 11.3 Å². The molecule has 2 atom stereocenters. The van der Waals surface area contributed by atoms with Crippen molar-refractivity contribution in [2.24, 2.45) is 0 Å². The lowest BCUT2D eigenvalue weighted by atomic mass is 9.89. The molecular formula is C26H23F4N5O. The van der Waals surface area contributed by atoms with E-state index >= 15 is 0 Å². The zero-order valence-corrected chi connectivity index (χ0v) is 19.5. The summed E-state index contributed by atoms with van der Waals surface area (Å²) < 4.78 is 63.6. The summed E-state index contributed by atoms with van der Waals surface area (Å²) in [4.78, 5) is 13.2. The van der Waals surface area contributed by atoms with Gasteiger partial charge in [0.25, 0.3) is 6.43 Å². The monoisotopic (exact) mass is 497 g/mol. The van der Waals surface area contributed by atoms with Crippen LogP contribution in [-0.2, 0) is 4.74 Å². The van der Waals surface area contributed by atoms with Crippen molar-refractivity contribution in [2.45, 2.75) is 57.1 Å². The molecule has 3 aromatic heterocycles. The predicted octanol–water partition coefficient (Wildman–Crippen LogP) is 6.38. The van der Waals surface area contributed by atoms with Crippen LogP contribution in [0.3, 0.4) is 0 Å². The van der Waals surface area contributed by atoms with Crippen LogP contribution in [0.5, 0.6) is 0 Å². The van der Waals surface area contributed by atoms with Crippen LogP contribution in [0.25, 0.3) is 22.3 Å². The Kier molecular flexibility index (Phi) is 5.70. The molecule has 4 aromatic rings. The highest BCUT2D eigenvalue weighted by molar-refractivity contribution is 5.89. The lowest BCUT2D eigenvalue weighted by Gasteiger charge is -2.29. The number of rotatable bonds is 5. The van der Waals surface area contributed by atoms with Gasteiger partial charge in [-0.05, 0) is 50.8 Å². The second-order valence-corrected chi connectivity index (χ2v) is 9.45. The summed E-state index contributed by atoms with van der Waals surface area (Å²) in [7, 11) is 0. The number of pyridine rings is 1. The Morgan fingerprint density at radius 1 is 1.06 bits per heavy atom. The van der Waals surface area contributed by atoms with E-state index in [0.717, 1.165) is 30.5 Å². The van der Waals surface area contributed by atoms with Crippen LogP contribution in [0, 0.1) is 18.6 Å². The number of benzene rings is 1. The third kappa shape index (κ3) is 4.23. The number of alkyl halides is 2. The summed E-state index contributed by atoms with van der Waals surface area (Å²) in [6, 6.07) is 5.30. The van der Waals surface area contributed by atoms with E-state index in [-0.39, 0.29) is 34.5 Å². The summed E-state index contributed by atoms with van der Waals surface area (Å²) >= 11 is 0. The van der Waals surface area contributed by atoms with Crippen molar-refractivity contribution in [3.05, 3.63) is 70.9 Å². The molecule has 1 aromatic carbocycles. The molecule has 2 unspecified atom stereocenters. The summed E-state index contributed by atoms with van der Waals surface area (Å²) in [5.41, 5.74) is 1.69. The highest BCUT2D eigenvalue weighted by Crippen LogP contribution is 2.41. The number of aromatic nitrogens is 5. The summed E-state index contributed by atoms with van der Waals surface area (Å²) in [5, 5.41) is 4.46. The van der Waals surface area contributed by atoms with Crippen molar-refractivity contribution >= 4 is 11.0 Å². The molecule has 0 amide bonds. The lowest BCUT2D eigenvalue weighted by Crippen LogP contribution is -2.19. The Bertz CT molecular complexity index is 1450. The van der Waals surface area contributed by atoms with Gasteiger partial charge in [-0.15, -0.1) is 0 Å². The third-order valence-corrected chi connectivity index (χ3v) is 6.89. The van der Waals surface area contributed by atoms with Crippen LogP contribution in [0.4, 0.5) is 17.6 Å². The molecule has 10 heteroatoms. The zero-order valence-electron chi connectivity index (χ0n) is 19.5. The first-order valence-electron chi connectivity index (χ1n) is 12.0. The van der Waals surface area contributed by atoms with Crippen LogP contribution in [0.2, 0.25) is 0 Å². The van der Waals surface area contributed by atoms with E-state index in [4.69, 9.17) is 9.72 Å². The molecule has 0 N–H and O–H groups in total. The number of aryl methyl sites for hydroxylation is 1. The number of fused-ring (bicyclic) bond motifs is 1. The molecule has 1 aliphatic heterocycles. The second kappa shape index (κ2) is 8.92. The van der Waals surface area contributed by atoms with Crippen LogP contribution < -0.4 is 0 Å². The van der Waals surface area contributed by atoms with Gasteiger partial charge in [0.2, 0.25) is 0 Å². The minimum Gasteiger partial charge on any atom is -0.373 e. The van der Waals surface area contributed by atoms with E-state index in [1.54, 1.807) is 6.07 Å². The average molecular weight is 497 g/mol. The second-order valence-electron chi connectivity index (χ2n) is 9.45. The van der Waals surface area contributed by atoms with Crippen molar-refractivity contribution in [1.29, 1.82) is 0 Å². The van der Waals surface area contributed by atoms with E-state index in [1.165, 1.54) is 13.0 Å². The fraction of sp³-hybridized carbons (Fsp3) is 0.385. The molecule has 0 spiro atoms. The smallest absolute Gasteiger partial charge is 0.282 e. The first kappa shape index (κ1) is 23.0. The standard InChI is InChI=1S/C26H23F4N5O/c1-13-23(26(29)30)34-25-21(32-13)10-20(33-24(25)18-5-2-16(27)9-19(18)28)14-6-7-36-22(8-14)15-11-31-35(12-15)17-3-4-17/h2,5,9-12,14,17,22,26H,3-4,6-8H2,1H3. The molecule has 1 saturated heterocycles. The predicted molar refractivity (Wildman–Crippen MR) is 124 cm³/mol. The molecule has 36 heavy (non-hydrogen) atoms. The van der Waals surface area contributed by atoms with Crippen LogP contribution in [-0.4, -0.2) is 31.3 Å². The summed E-state index contributed by atoms with van der Waals surface area (Å²) in [6.45, 7) is 1.97. The largest absolute Gasteiger partial charge is 0.373 e. The normalized spacial score (nSPS) is 20.4. The molecule has 0 radical (unpaired) electrons. The van der Waals surface area contributed by atoms with Gasteiger partial charge in [-0.3, -0.25) is 4.68 Å². The maximum absolute atomic E-state index is 14.8. The summed E-state index contributed by atoms with van der Waals surface area (Å²) in [5.74, 6) is -1.64. The summed E-state index contributed by atoms with van der Waals surface area (Å²) in [6.07, 6.45) is 4.41. The Balaban J connectivity index is 1.43. The van der Waals surface area contributed by atoms with Gasteiger partial charge in [-0.2, -0.15) is 5.10 Å². The SMILES string of the molecule is Cc1nc2cc(C3CCOC(c4cnn(C5CC5)c4)C3)nc(-c3ccc(F)cc3F)c2nc1C(F)F. The van der Waals surface area contributed by atoms with E-state index in [0.29, 0.717) is 36.7 Å². The molecule has 1 aliphatic carbocycles. The molecule has 186 valence electrons. The maximum atomic E-state index is 14.8. The molecule has 6 rings (SSSR count). The minimum atomic E-state index is -2.85. The van der Waals surface area contributed by atoms with Crippen molar-refractivity contribution in [3.63, 3.8) is 0 Å². The Labute approximate surface area is 204 Å². The van der Waals surface area contributed by atoms with Crippen LogP contribution >= 0.6 is 0 Å². The Hall–Kier alpha value is -3.40. The van der Waals surface area contributed by atoms with Crippen LogP contribution in [0.15, 0.2) is 36.7 Å². The molecule has 2 aliphatic rings. The van der Waals surface area contributed by atoms with Crippen molar-refractivity contribution < 1.29 is 22.3 Å². The molecule has 4 heterocycles. The number of ether oxygens (including phenoxy) is 1. The van der Waals surface area contributed by atoms with E-state index in [2.05, 4.69) is 15.1 Å². The minimum absolute atomic E-state index is 0.0176. The van der Waals surface area contributed by atoms with Gasteiger partial charge in [-0.25, -0.2) is 32.5 Å². The molecule has 6 nitrogen and oxygen atoms in total. The highest BCUT2D eigenvalue weighted by atomic mass is 19.3. The van der Waals surface area contributed by atoms with Gasteiger partial charge < -0.3 is 4.74 Å². The van der Waals surface area contributed by atoms with Gasteiger partial charge >= 0.3 is 0 Å². The lowest BCUT2D eigenvalue weighted by molar-refractivity contribution is 0.00462. The Morgan fingerprint density at radius 2 is 1.89 bits per heavy atom. The van der Waals surface area contributed by atoms with Gasteiger partial charge in [0, 0.05) is 41.6 Å². The first-order valence-corrected chi connectivity index (χ1v) is 12.0. The van der Waals surface area contributed by atoms with E-state index in [1.807, 2.05) is 17.1 Å².